The van der Waals surface area contributed by atoms with Crippen LogP contribution in [0.3, 0.4) is 0 Å². The normalized spacial score (nSPS) is 10.0. The van der Waals surface area contributed by atoms with Gasteiger partial charge in [0.05, 0.1) is 0 Å². The molecule has 0 aliphatic rings. The zero-order valence-corrected chi connectivity index (χ0v) is 8.00. The Hall–Kier alpha value is -1.31. The molecule has 0 aromatic heterocycles. The Bertz CT molecular complexity index is 316. The SMILES string of the molecule is Cc1ccc(C)c(CCC(=O)O)c1. The lowest BCUT2D eigenvalue weighted by Gasteiger charge is -2.04. The van der Waals surface area contributed by atoms with E-state index in [1.807, 2.05) is 26.0 Å². The number of hydrogen-bond donors (Lipinski definition) is 1. The summed E-state index contributed by atoms with van der Waals surface area (Å²) in [5.74, 6) is -0.735. The first-order chi connectivity index (χ1) is 6.09. The van der Waals surface area contributed by atoms with Crippen molar-refractivity contribution in [2.75, 3.05) is 0 Å². The number of carbonyl (C=O) groups is 1. The van der Waals surface area contributed by atoms with Crippen molar-refractivity contribution in [3.8, 4) is 0 Å². The third-order valence-electron chi connectivity index (χ3n) is 2.11. The van der Waals surface area contributed by atoms with Gasteiger partial charge in [0.2, 0.25) is 0 Å². The Balaban J connectivity index is 2.75. The molecule has 2 nitrogen and oxygen atoms in total. The monoisotopic (exact) mass is 178 g/mol. The van der Waals surface area contributed by atoms with Crippen LogP contribution in [0.1, 0.15) is 23.1 Å². The van der Waals surface area contributed by atoms with Gasteiger partial charge in [-0.2, -0.15) is 0 Å². The molecule has 0 saturated carbocycles. The van der Waals surface area contributed by atoms with E-state index in [0.29, 0.717) is 6.42 Å². The molecule has 0 aliphatic heterocycles. The van der Waals surface area contributed by atoms with Crippen molar-refractivity contribution in [3.63, 3.8) is 0 Å². The first-order valence-corrected chi connectivity index (χ1v) is 4.37. The molecule has 0 bridgehead atoms. The van der Waals surface area contributed by atoms with Crippen LogP contribution < -0.4 is 0 Å². The molecular weight excluding hydrogens is 164 g/mol. The Morgan fingerprint density at radius 2 is 2.08 bits per heavy atom. The van der Waals surface area contributed by atoms with E-state index in [9.17, 15) is 4.79 Å². The van der Waals surface area contributed by atoms with Crippen molar-refractivity contribution in [3.05, 3.63) is 34.9 Å². The lowest BCUT2D eigenvalue weighted by atomic mass is 10.0. The Kier molecular flexibility index (Phi) is 3.07. The highest BCUT2D eigenvalue weighted by Crippen LogP contribution is 2.12. The summed E-state index contributed by atoms with van der Waals surface area (Å²) < 4.78 is 0. The average molecular weight is 178 g/mol. The van der Waals surface area contributed by atoms with Gasteiger partial charge in [0.1, 0.15) is 0 Å². The van der Waals surface area contributed by atoms with Gasteiger partial charge in [0.15, 0.2) is 0 Å². The molecule has 0 radical (unpaired) electrons. The molecule has 0 fully saturated rings. The smallest absolute Gasteiger partial charge is 0.303 e. The average Bonchev–Trinajstić information content (AvgIpc) is 2.06. The van der Waals surface area contributed by atoms with E-state index in [-0.39, 0.29) is 6.42 Å². The lowest BCUT2D eigenvalue weighted by molar-refractivity contribution is -0.136. The van der Waals surface area contributed by atoms with Crippen LogP contribution in [0.25, 0.3) is 0 Å². The third-order valence-corrected chi connectivity index (χ3v) is 2.11. The van der Waals surface area contributed by atoms with Crippen molar-refractivity contribution in [1.82, 2.24) is 0 Å². The molecule has 1 aromatic carbocycles. The minimum absolute atomic E-state index is 0.213. The quantitative estimate of drug-likeness (QED) is 0.771. The summed E-state index contributed by atoms with van der Waals surface area (Å²) in [6.07, 6.45) is 0.840. The van der Waals surface area contributed by atoms with E-state index in [0.717, 1.165) is 5.56 Å². The van der Waals surface area contributed by atoms with Gasteiger partial charge in [-0.25, -0.2) is 0 Å². The van der Waals surface area contributed by atoms with Gasteiger partial charge in [-0.1, -0.05) is 23.8 Å². The second-order valence-electron chi connectivity index (χ2n) is 3.32. The molecule has 1 N–H and O–H groups in total. The van der Waals surface area contributed by atoms with Gasteiger partial charge in [0, 0.05) is 6.42 Å². The van der Waals surface area contributed by atoms with Crippen molar-refractivity contribution in [1.29, 1.82) is 0 Å². The molecule has 0 amide bonds. The van der Waals surface area contributed by atoms with E-state index in [4.69, 9.17) is 5.11 Å². The predicted molar refractivity (Wildman–Crippen MR) is 51.9 cm³/mol. The van der Waals surface area contributed by atoms with Gasteiger partial charge < -0.3 is 5.11 Å². The molecule has 2 heteroatoms. The summed E-state index contributed by atoms with van der Waals surface area (Å²) in [6.45, 7) is 4.03. The standard InChI is InChI=1S/C11H14O2/c1-8-3-4-9(2)10(7-8)5-6-11(12)13/h3-4,7H,5-6H2,1-2H3,(H,12,13). The van der Waals surface area contributed by atoms with Crippen molar-refractivity contribution in [2.24, 2.45) is 0 Å². The van der Waals surface area contributed by atoms with Gasteiger partial charge in [0.25, 0.3) is 0 Å². The van der Waals surface area contributed by atoms with E-state index in [1.165, 1.54) is 11.1 Å². The van der Waals surface area contributed by atoms with Crippen LogP contribution >= 0.6 is 0 Å². The van der Waals surface area contributed by atoms with Crippen LogP contribution in [0.4, 0.5) is 0 Å². The molecule has 0 heterocycles. The predicted octanol–water partition coefficient (Wildman–Crippen LogP) is 2.32. The number of hydrogen-bond acceptors (Lipinski definition) is 1. The van der Waals surface area contributed by atoms with Gasteiger partial charge in [-0.15, -0.1) is 0 Å². The molecule has 70 valence electrons. The number of aryl methyl sites for hydroxylation is 3. The first-order valence-electron chi connectivity index (χ1n) is 4.37. The largest absolute Gasteiger partial charge is 0.481 e. The molecule has 0 saturated heterocycles. The highest BCUT2D eigenvalue weighted by atomic mass is 16.4. The minimum atomic E-state index is -0.735. The van der Waals surface area contributed by atoms with E-state index >= 15 is 0 Å². The van der Waals surface area contributed by atoms with Gasteiger partial charge in [-0.3, -0.25) is 4.79 Å². The van der Waals surface area contributed by atoms with E-state index in [1.54, 1.807) is 0 Å². The maximum absolute atomic E-state index is 10.4. The summed E-state index contributed by atoms with van der Waals surface area (Å²) in [6, 6.07) is 6.13. The van der Waals surface area contributed by atoms with Crippen molar-refractivity contribution >= 4 is 5.97 Å². The Labute approximate surface area is 78.2 Å². The van der Waals surface area contributed by atoms with Crippen LogP contribution in [0.5, 0.6) is 0 Å². The topological polar surface area (TPSA) is 37.3 Å². The summed E-state index contributed by atoms with van der Waals surface area (Å²) in [4.78, 5) is 10.4. The van der Waals surface area contributed by atoms with Crippen LogP contribution in [0, 0.1) is 13.8 Å². The second-order valence-corrected chi connectivity index (χ2v) is 3.32. The molecule has 1 rings (SSSR count). The summed E-state index contributed by atoms with van der Waals surface area (Å²) >= 11 is 0. The summed E-state index contributed by atoms with van der Waals surface area (Å²) in [5, 5.41) is 8.53. The van der Waals surface area contributed by atoms with E-state index < -0.39 is 5.97 Å². The summed E-state index contributed by atoms with van der Waals surface area (Å²) in [7, 11) is 0. The fourth-order valence-electron chi connectivity index (χ4n) is 1.31. The first kappa shape index (κ1) is 9.78. The fourth-order valence-corrected chi connectivity index (χ4v) is 1.31. The van der Waals surface area contributed by atoms with Crippen LogP contribution in [0.2, 0.25) is 0 Å². The molecule has 0 aliphatic carbocycles. The molecule has 0 unspecified atom stereocenters. The van der Waals surface area contributed by atoms with Crippen LogP contribution in [-0.4, -0.2) is 11.1 Å². The fraction of sp³-hybridized carbons (Fsp3) is 0.364. The molecule has 0 atom stereocenters. The van der Waals surface area contributed by atoms with Gasteiger partial charge in [-0.05, 0) is 31.4 Å². The Morgan fingerprint density at radius 1 is 1.38 bits per heavy atom. The molecule has 0 spiro atoms. The van der Waals surface area contributed by atoms with Crippen LogP contribution in [-0.2, 0) is 11.2 Å². The maximum Gasteiger partial charge on any atom is 0.303 e. The highest BCUT2D eigenvalue weighted by Gasteiger charge is 2.01. The number of benzene rings is 1. The van der Waals surface area contributed by atoms with Gasteiger partial charge >= 0.3 is 5.97 Å². The highest BCUT2D eigenvalue weighted by molar-refractivity contribution is 5.67. The second kappa shape index (κ2) is 4.08. The number of carboxylic acids is 1. The summed E-state index contributed by atoms with van der Waals surface area (Å²) in [5.41, 5.74) is 3.50. The van der Waals surface area contributed by atoms with Crippen molar-refractivity contribution in [2.45, 2.75) is 26.7 Å². The minimum Gasteiger partial charge on any atom is -0.481 e. The maximum atomic E-state index is 10.4. The van der Waals surface area contributed by atoms with Crippen LogP contribution in [0.15, 0.2) is 18.2 Å². The number of rotatable bonds is 3. The third kappa shape index (κ3) is 2.90. The number of aliphatic carboxylic acids is 1. The lowest BCUT2D eigenvalue weighted by Crippen LogP contribution is -1.99. The molecule has 1 aromatic rings. The van der Waals surface area contributed by atoms with E-state index in [2.05, 4.69) is 6.07 Å². The molecular formula is C11H14O2. The Morgan fingerprint density at radius 3 is 2.69 bits per heavy atom. The number of carboxylic acid groups (broad SMARTS) is 1. The zero-order chi connectivity index (χ0) is 9.84. The van der Waals surface area contributed by atoms with Crippen molar-refractivity contribution < 1.29 is 9.90 Å². The molecule has 13 heavy (non-hydrogen) atoms. The zero-order valence-electron chi connectivity index (χ0n) is 8.00.